The molecule has 1 amide bonds. The van der Waals surface area contributed by atoms with Crippen LogP contribution in [-0.4, -0.2) is 28.6 Å². The second-order valence-corrected chi connectivity index (χ2v) is 4.13. The Bertz CT molecular complexity index is 590. The quantitative estimate of drug-likeness (QED) is 0.340. The molecule has 0 saturated heterocycles. The standard InChI is InChI=1S/C14H15N3O4/c15-8-10(9-16-6-2-5-13(19)20)14(21)17-11-3-1-4-12(18)7-11/h1,3-4,7,9,16,18H,2,5-6H2,(H,17,21)(H,19,20)/b10-9-. The summed E-state index contributed by atoms with van der Waals surface area (Å²) in [6.07, 6.45) is 1.64. The Hall–Kier alpha value is -3.01. The zero-order chi connectivity index (χ0) is 15.7. The minimum absolute atomic E-state index is 0.00193. The van der Waals surface area contributed by atoms with E-state index in [1.54, 1.807) is 18.2 Å². The van der Waals surface area contributed by atoms with Crippen molar-refractivity contribution in [3.8, 4) is 11.8 Å². The molecule has 0 bridgehead atoms. The molecule has 110 valence electrons. The molecule has 7 heteroatoms. The number of aromatic hydroxyl groups is 1. The van der Waals surface area contributed by atoms with Crippen molar-refractivity contribution < 1.29 is 19.8 Å². The number of phenols is 1. The lowest BCUT2D eigenvalue weighted by Gasteiger charge is -2.05. The first-order chi connectivity index (χ1) is 10.0. The van der Waals surface area contributed by atoms with E-state index in [-0.39, 0.29) is 17.7 Å². The second-order valence-electron chi connectivity index (χ2n) is 4.13. The topological polar surface area (TPSA) is 122 Å². The number of phenolic OH excluding ortho intramolecular Hbond substituents is 1. The van der Waals surface area contributed by atoms with Crippen molar-refractivity contribution in [2.75, 3.05) is 11.9 Å². The SMILES string of the molecule is N#C/C(=C/NCCCC(=O)O)C(=O)Nc1cccc(O)c1. The lowest BCUT2D eigenvalue weighted by molar-refractivity contribution is -0.137. The summed E-state index contributed by atoms with van der Waals surface area (Å²) < 4.78 is 0. The van der Waals surface area contributed by atoms with Gasteiger partial charge in [-0.05, 0) is 18.6 Å². The number of carboxylic acid groups (broad SMARTS) is 1. The molecule has 0 fully saturated rings. The van der Waals surface area contributed by atoms with Crippen molar-refractivity contribution in [2.45, 2.75) is 12.8 Å². The third kappa shape index (κ3) is 6.11. The fourth-order valence-electron chi connectivity index (χ4n) is 1.45. The van der Waals surface area contributed by atoms with Crippen LogP contribution in [-0.2, 0) is 9.59 Å². The lowest BCUT2D eigenvalue weighted by Crippen LogP contribution is -2.17. The summed E-state index contributed by atoms with van der Waals surface area (Å²) in [6, 6.07) is 7.69. The van der Waals surface area contributed by atoms with Crippen LogP contribution < -0.4 is 10.6 Å². The van der Waals surface area contributed by atoms with E-state index in [1.807, 2.05) is 0 Å². The van der Waals surface area contributed by atoms with E-state index in [0.717, 1.165) is 0 Å². The minimum atomic E-state index is -0.900. The van der Waals surface area contributed by atoms with Gasteiger partial charge in [0.15, 0.2) is 0 Å². The van der Waals surface area contributed by atoms with Crippen molar-refractivity contribution in [3.63, 3.8) is 0 Å². The Morgan fingerprint density at radius 2 is 2.14 bits per heavy atom. The summed E-state index contributed by atoms with van der Waals surface area (Å²) in [5.41, 5.74) is 0.223. The van der Waals surface area contributed by atoms with Gasteiger partial charge in [0.2, 0.25) is 0 Å². The highest BCUT2D eigenvalue weighted by molar-refractivity contribution is 6.06. The van der Waals surface area contributed by atoms with Gasteiger partial charge in [-0.25, -0.2) is 0 Å². The maximum atomic E-state index is 11.8. The van der Waals surface area contributed by atoms with Gasteiger partial charge in [-0.15, -0.1) is 0 Å². The smallest absolute Gasteiger partial charge is 0.303 e. The molecule has 1 aromatic rings. The number of rotatable bonds is 7. The van der Waals surface area contributed by atoms with E-state index in [1.165, 1.54) is 18.3 Å². The van der Waals surface area contributed by atoms with E-state index >= 15 is 0 Å². The average molecular weight is 289 g/mol. The van der Waals surface area contributed by atoms with Gasteiger partial charge in [0.25, 0.3) is 5.91 Å². The maximum Gasteiger partial charge on any atom is 0.303 e. The molecule has 4 N–H and O–H groups in total. The monoisotopic (exact) mass is 289 g/mol. The van der Waals surface area contributed by atoms with E-state index in [9.17, 15) is 14.7 Å². The first kappa shape index (κ1) is 16.0. The van der Waals surface area contributed by atoms with Gasteiger partial charge in [0.1, 0.15) is 17.4 Å². The summed E-state index contributed by atoms with van der Waals surface area (Å²) in [5, 5.41) is 31.8. The number of hydrogen-bond acceptors (Lipinski definition) is 5. The van der Waals surface area contributed by atoms with Crippen LogP contribution in [0.5, 0.6) is 5.75 Å². The fraction of sp³-hybridized carbons (Fsp3) is 0.214. The first-order valence-electron chi connectivity index (χ1n) is 6.18. The Balaban J connectivity index is 2.53. The number of nitrogens with one attached hydrogen (secondary N) is 2. The summed E-state index contributed by atoms with van der Waals surface area (Å²) >= 11 is 0. The Morgan fingerprint density at radius 3 is 2.76 bits per heavy atom. The molecule has 1 aromatic carbocycles. The highest BCUT2D eigenvalue weighted by atomic mass is 16.4. The van der Waals surface area contributed by atoms with Gasteiger partial charge >= 0.3 is 5.97 Å². The van der Waals surface area contributed by atoms with E-state index < -0.39 is 11.9 Å². The van der Waals surface area contributed by atoms with E-state index in [2.05, 4.69) is 10.6 Å². The summed E-state index contributed by atoms with van der Waals surface area (Å²) in [6.45, 7) is 0.344. The highest BCUT2D eigenvalue weighted by Gasteiger charge is 2.09. The molecule has 0 aliphatic carbocycles. The van der Waals surface area contributed by atoms with E-state index in [0.29, 0.717) is 18.7 Å². The zero-order valence-electron chi connectivity index (χ0n) is 11.2. The molecule has 0 aliphatic rings. The number of amides is 1. The van der Waals surface area contributed by atoms with Gasteiger partial charge < -0.3 is 20.8 Å². The molecule has 0 radical (unpaired) electrons. The number of nitriles is 1. The molecule has 21 heavy (non-hydrogen) atoms. The molecule has 0 spiro atoms. The van der Waals surface area contributed by atoms with Crippen LogP contribution in [0.3, 0.4) is 0 Å². The van der Waals surface area contributed by atoms with Gasteiger partial charge in [-0.2, -0.15) is 5.26 Å². The third-order valence-corrected chi connectivity index (χ3v) is 2.43. The van der Waals surface area contributed by atoms with Crippen LogP contribution in [0.4, 0.5) is 5.69 Å². The number of carbonyl (C=O) groups is 2. The number of anilines is 1. The van der Waals surface area contributed by atoms with Crippen LogP contribution in [0.1, 0.15) is 12.8 Å². The lowest BCUT2D eigenvalue weighted by atomic mass is 10.2. The number of hydrogen-bond donors (Lipinski definition) is 4. The molecule has 0 aromatic heterocycles. The van der Waals surface area contributed by atoms with Crippen LogP contribution in [0, 0.1) is 11.3 Å². The average Bonchev–Trinajstić information content (AvgIpc) is 2.42. The highest BCUT2D eigenvalue weighted by Crippen LogP contribution is 2.15. The van der Waals surface area contributed by atoms with Crippen LogP contribution in [0.25, 0.3) is 0 Å². The van der Waals surface area contributed by atoms with Gasteiger partial charge in [0.05, 0.1) is 0 Å². The van der Waals surface area contributed by atoms with Crippen LogP contribution in [0.15, 0.2) is 36.0 Å². The third-order valence-electron chi connectivity index (χ3n) is 2.43. The second kappa shape index (κ2) is 8.22. The number of benzene rings is 1. The number of nitrogens with zero attached hydrogens (tertiary/aromatic N) is 1. The number of carboxylic acids is 1. The molecule has 0 heterocycles. The molecular weight excluding hydrogens is 274 g/mol. The molecule has 0 saturated carbocycles. The molecule has 0 unspecified atom stereocenters. The van der Waals surface area contributed by atoms with Gasteiger partial charge in [-0.1, -0.05) is 6.07 Å². The first-order valence-corrected chi connectivity index (χ1v) is 6.18. The molecule has 7 nitrogen and oxygen atoms in total. The summed E-state index contributed by atoms with van der Waals surface area (Å²) in [5.74, 6) is -1.51. The van der Waals surface area contributed by atoms with Crippen molar-refractivity contribution in [1.29, 1.82) is 5.26 Å². The normalized spacial score (nSPS) is 10.5. The zero-order valence-corrected chi connectivity index (χ0v) is 11.2. The summed E-state index contributed by atoms with van der Waals surface area (Å²) in [7, 11) is 0. The number of carbonyl (C=O) groups excluding carboxylic acids is 1. The molecule has 0 atom stereocenters. The van der Waals surface area contributed by atoms with Crippen LogP contribution >= 0.6 is 0 Å². The number of aliphatic carboxylic acids is 1. The predicted octanol–water partition coefficient (Wildman–Crippen LogP) is 1.19. The minimum Gasteiger partial charge on any atom is -0.508 e. The van der Waals surface area contributed by atoms with Gasteiger partial charge in [0, 0.05) is 30.9 Å². The molecular formula is C14H15N3O4. The van der Waals surface area contributed by atoms with Crippen molar-refractivity contribution >= 4 is 17.6 Å². The molecule has 0 aliphatic heterocycles. The predicted molar refractivity (Wildman–Crippen MR) is 75.3 cm³/mol. The van der Waals surface area contributed by atoms with E-state index in [4.69, 9.17) is 10.4 Å². The summed E-state index contributed by atoms with van der Waals surface area (Å²) in [4.78, 5) is 22.1. The van der Waals surface area contributed by atoms with Crippen molar-refractivity contribution in [1.82, 2.24) is 5.32 Å². The largest absolute Gasteiger partial charge is 0.508 e. The van der Waals surface area contributed by atoms with Crippen LogP contribution in [0.2, 0.25) is 0 Å². The molecule has 1 rings (SSSR count). The fourth-order valence-corrected chi connectivity index (χ4v) is 1.45. The Kier molecular flexibility index (Phi) is 6.28. The maximum absolute atomic E-state index is 11.8. The van der Waals surface area contributed by atoms with Gasteiger partial charge in [-0.3, -0.25) is 9.59 Å². The van der Waals surface area contributed by atoms with Crippen molar-refractivity contribution in [2.24, 2.45) is 0 Å². The van der Waals surface area contributed by atoms with Crippen molar-refractivity contribution in [3.05, 3.63) is 36.0 Å². The Morgan fingerprint density at radius 1 is 1.38 bits per heavy atom. The Labute approximate surface area is 121 Å².